The molecule has 0 bridgehead atoms. The van der Waals surface area contributed by atoms with Crippen LogP contribution in [0.5, 0.6) is 0 Å². The van der Waals surface area contributed by atoms with Crippen LogP contribution in [0.15, 0.2) is 72.9 Å². The zero-order valence-corrected chi connectivity index (χ0v) is 23.4. The summed E-state index contributed by atoms with van der Waals surface area (Å²) in [5.41, 5.74) is 2.90. The van der Waals surface area contributed by atoms with E-state index in [0.29, 0.717) is 17.4 Å². The first-order chi connectivity index (χ1) is 19.4. The van der Waals surface area contributed by atoms with Crippen molar-refractivity contribution in [2.75, 3.05) is 18.0 Å². The van der Waals surface area contributed by atoms with Gasteiger partial charge in [0.05, 0.1) is 17.3 Å². The van der Waals surface area contributed by atoms with Crippen LogP contribution in [0.1, 0.15) is 85.6 Å². The molecule has 1 N–H and O–H groups in total. The zero-order valence-electron chi connectivity index (χ0n) is 23.4. The SMILES string of the molecule is CC1CCN(c2ncc(C(=O)N[C@@H](C)c3cccc4ccccc34)c(C3(c4ccc(F)cc4)CCCC3)n2)CC1. The Balaban J connectivity index is 1.41. The summed E-state index contributed by atoms with van der Waals surface area (Å²) in [7, 11) is 0. The van der Waals surface area contributed by atoms with Crippen molar-refractivity contribution in [3.05, 3.63) is 101 Å². The molecule has 2 aliphatic rings. The quantitative estimate of drug-likeness (QED) is 0.280. The number of rotatable bonds is 6. The van der Waals surface area contributed by atoms with Crippen LogP contribution in [0.2, 0.25) is 0 Å². The minimum atomic E-state index is -0.455. The van der Waals surface area contributed by atoms with Crippen molar-refractivity contribution in [1.82, 2.24) is 15.3 Å². The highest BCUT2D eigenvalue weighted by molar-refractivity contribution is 5.96. The number of piperidine rings is 1. The Labute approximate surface area is 235 Å². The smallest absolute Gasteiger partial charge is 0.255 e. The standard InChI is InChI=1S/C34H37FN4O/c1-23-16-20-39(21-17-23)33-36-22-30(31(38-33)34(18-5-6-19-34)26-12-14-27(35)15-13-26)32(40)37-24(2)28-11-7-9-25-8-3-4-10-29(25)28/h3-4,7-15,22-24H,5-6,16-21H2,1-2H3,(H,37,40)/t24-/m0/s1. The molecule has 1 saturated heterocycles. The van der Waals surface area contributed by atoms with E-state index in [1.165, 1.54) is 12.1 Å². The lowest BCUT2D eigenvalue weighted by Crippen LogP contribution is -2.37. The van der Waals surface area contributed by atoms with Crippen LogP contribution >= 0.6 is 0 Å². The average Bonchev–Trinajstić information content (AvgIpc) is 3.48. The maximum absolute atomic E-state index is 14.0. The highest BCUT2D eigenvalue weighted by Crippen LogP contribution is 2.47. The number of carbonyl (C=O) groups excluding carboxylic acids is 1. The van der Waals surface area contributed by atoms with Gasteiger partial charge in [-0.2, -0.15) is 0 Å². The van der Waals surface area contributed by atoms with Crippen LogP contribution in [0, 0.1) is 11.7 Å². The monoisotopic (exact) mass is 536 g/mol. The average molecular weight is 537 g/mol. The molecule has 0 spiro atoms. The molecule has 1 atom stereocenters. The largest absolute Gasteiger partial charge is 0.345 e. The molecule has 1 aromatic heterocycles. The molecule has 1 saturated carbocycles. The molecule has 2 heterocycles. The fraction of sp³-hybridized carbons (Fsp3) is 0.382. The third kappa shape index (κ3) is 4.96. The Kier molecular flexibility index (Phi) is 7.26. The normalized spacial score (nSPS) is 18.1. The molecule has 1 amide bonds. The number of aromatic nitrogens is 2. The summed E-state index contributed by atoms with van der Waals surface area (Å²) in [6, 6.07) is 21.0. The van der Waals surface area contributed by atoms with Crippen LogP contribution in [0.3, 0.4) is 0 Å². The molecule has 5 nitrogen and oxygen atoms in total. The predicted molar refractivity (Wildman–Crippen MR) is 158 cm³/mol. The Morgan fingerprint density at radius 3 is 2.45 bits per heavy atom. The lowest BCUT2D eigenvalue weighted by Gasteiger charge is -2.34. The second kappa shape index (κ2) is 11.0. The van der Waals surface area contributed by atoms with Crippen molar-refractivity contribution in [1.29, 1.82) is 0 Å². The molecule has 0 radical (unpaired) electrons. The van der Waals surface area contributed by atoms with Gasteiger partial charge in [-0.25, -0.2) is 14.4 Å². The number of halogens is 1. The predicted octanol–water partition coefficient (Wildman–Crippen LogP) is 7.36. The number of nitrogens with zero attached hydrogens (tertiary/aromatic N) is 3. The number of amides is 1. The van der Waals surface area contributed by atoms with Crippen molar-refractivity contribution in [3.8, 4) is 0 Å². The molecule has 4 aromatic rings. The molecular weight excluding hydrogens is 499 g/mol. The van der Waals surface area contributed by atoms with Gasteiger partial charge in [0.1, 0.15) is 5.82 Å². The maximum Gasteiger partial charge on any atom is 0.255 e. The Hall–Kier alpha value is -3.80. The molecule has 6 heteroatoms. The lowest BCUT2D eigenvalue weighted by atomic mass is 9.74. The van der Waals surface area contributed by atoms with Gasteiger partial charge in [0.25, 0.3) is 5.91 Å². The topological polar surface area (TPSA) is 58.1 Å². The lowest BCUT2D eigenvalue weighted by molar-refractivity contribution is 0.0937. The van der Waals surface area contributed by atoms with E-state index in [-0.39, 0.29) is 17.8 Å². The van der Waals surface area contributed by atoms with E-state index in [9.17, 15) is 9.18 Å². The molecule has 2 fully saturated rings. The first-order valence-electron chi connectivity index (χ1n) is 14.6. The summed E-state index contributed by atoms with van der Waals surface area (Å²) in [6.45, 7) is 6.13. The summed E-state index contributed by atoms with van der Waals surface area (Å²) in [5.74, 6) is 0.942. The summed E-state index contributed by atoms with van der Waals surface area (Å²) in [5, 5.41) is 5.53. The molecule has 1 aliphatic heterocycles. The van der Waals surface area contributed by atoms with Gasteiger partial charge in [0, 0.05) is 24.7 Å². The summed E-state index contributed by atoms with van der Waals surface area (Å²) >= 11 is 0. The van der Waals surface area contributed by atoms with E-state index < -0.39 is 5.41 Å². The van der Waals surface area contributed by atoms with Crippen molar-refractivity contribution in [2.24, 2.45) is 5.92 Å². The first-order valence-corrected chi connectivity index (χ1v) is 14.6. The third-order valence-corrected chi connectivity index (χ3v) is 9.03. The van der Waals surface area contributed by atoms with Crippen LogP contribution in [-0.2, 0) is 5.41 Å². The molecular formula is C34H37FN4O. The van der Waals surface area contributed by atoms with E-state index in [4.69, 9.17) is 9.97 Å². The fourth-order valence-corrected chi connectivity index (χ4v) is 6.65. The molecule has 0 unspecified atom stereocenters. The van der Waals surface area contributed by atoms with Crippen LogP contribution in [0.25, 0.3) is 10.8 Å². The maximum atomic E-state index is 14.0. The van der Waals surface area contributed by atoms with Gasteiger partial charge in [-0.05, 0) is 72.6 Å². The van der Waals surface area contributed by atoms with Gasteiger partial charge in [0.2, 0.25) is 5.95 Å². The van der Waals surface area contributed by atoms with E-state index in [0.717, 1.165) is 79.2 Å². The molecule has 40 heavy (non-hydrogen) atoms. The Morgan fingerprint density at radius 2 is 1.70 bits per heavy atom. The van der Waals surface area contributed by atoms with Crippen molar-refractivity contribution in [3.63, 3.8) is 0 Å². The van der Waals surface area contributed by atoms with E-state index >= 15 is 0 Å². The Bertz CT molecular complexity index is 1500. The van der Waals surface area contributed by atoms with E-state index in [1.807, 2.05) is 37.3 Å². The molecule has 1 aliphatic carbocycles. The number of anilines is 1. The van der Waals surface area contributed by atoms with Gasteiger partial charge in [0.15, 0.2) is 0 Å². The number of nitrogens with one attached hydrogen (secondary N) is 1. The summed E-state index contributed by atoms with van der Waals surface area (Å²) in [4.78, 5) is 26.2. The van der Waals surface area contributed by atoms with Gasteiger partial charge in [-0.15, -0.1) is 0 Å². The van der Waals surface area contributed by atoms with Gasteiger partial charge in [-0.3, -0.25) is 4.79 Å². The van der Waals surface area contributed by atoms with Gasteiger partial charge >= 0.3 is 0 Å². The highest BCUT2D eigenvalue weighted by Gasteiger charge is 2.42. The highest BCUT2D eigenvalue weighted by atomic mass is 19.1. The van der Waals surface area contributed by atoms with Crippen LogP contribution in [-0.4, -0.2) is 29.0 Å². The van der Waals surface area contributed by atoms with Crippen molar-refractivity contribution >= 4 is 22.6 Å². The fourth-order valence-electron chi connectivity index (χ4n) is 6.65. The number of benzene rings is 3. The van der Waals surface area contributed by atoms with E-state index in [1.54, 1.807) is 6.20 Å². The first kappa shape index (κ1) is 26.4. The zero-order chi connectivity index (χ0) is 27.7. The second-order valence-corrected chi connectivity index (χ2v) is 11.7. The third-order valence-electron chi connectivity index (χ3n) is 9.03. The van der Waals surface area contributed by atoms with Crippen LogP contribution < -0.4 is 10.2 Å². The minimum absolute atomic E-state index is 0.178. The molecule has 206 valence electrons. The summed E-state index contributed by atoms with van der Waals surface area (Å²) in [6.07, 6.45) is 7.73. The molecule has 3 aromatic carbocycles. The number of hydrogen-bond donors (Lipinski definition) is 1. The minimum Gasteiger partial charge on any atom is -0.345 e. The number of fused-ring (bicyclic) bond motifs is 1. The number of carbonyl (C=O) groups is 1. The Morgan fingerprint density at radius 1 is 1.00 bits per heavy atom. The summed E-state index contributed by atoms with van der Waals surface area (Å²) < 4.78 is 14.0. The second-order valence-electron chi connectivity index (χ2n) is 11.7. The van der Waals surface area contributed by atoms with Crippen molar-refractivity contribution in [2.45, 2.75) is 63.8 Å². The molecule has 6 rings (SSSR count). The van der Waals surface area contributed by atoms with Crippen LogP contribution in [0.4, 0.5) is 10.3 Å². The van der Waals surface area contributed by atoms with E-state index in [2.05, 4.69) is 41.4 Å². The van der Waals surface area contributed by atoms with Gasteiger partial charge < -0.3 is 10.2 Å². The van der Waals surface area contributed by atoms with Gasteiger partial charge in [-0.1, -0.05) is 74.4 Å². The number of hydrogen-bond acceptors (Lipinski definition) is 4. The van der Waals surface area contributed by atoms with Crippen molar-refractivity contribution < 1.29 is 9.18 Å².